The van der Waals surface area contributed by atoms with E-state index in [2.05, 4.69) is 39.6 Å². The summed E-state index contributed by atoms with van der Waals surface area (Å²) in [6.45, 7) is 1.68. The molecular weight excluding hydrogens is 408 g/mol. The summed E-state index contributed by atoms with van der Waals surface area (Å²) in [5, 5.41) is 5.99. The van der Waals surface area contributed by atoms with Crippen molar-refractivity contribution in [1.82, 2.24) is 20.3 Å². The van der Waals surface area contributed by atoms with Gasteiger partial charge >= 0.3 is 0 Å². The van der Waals surface area contributed by atoms with Crippen LogP contribution in [-0.4, -0.2) is 28.2 Å². The second-order valence-corrected chi connectivity index (χ2v) is 9.04. The number of nitrogens with one attached hydrogen (secondary N) is 3. The van der Waals surface area contributed by atoms with Gasteiger partial charge in [0, 0.05) is 34.8 Å². The SMILES string of the molecule is Clc1ccc(-c2cnc([C@H]3Cc4c([nH]c5ccccc45)[C@@H](C4CCOCC4)N3)[nH]2)cc1. The highest BCUT2D eigenvalue weighted by atomic mass is 35.5. The van der Waals surface area contributed by atoms with Gasteiger partial charge in [-0.3, -0.25) is 5.32 Å². The van der Waals surface area contributed by atoms with Gasteiger partial charge in [0.15, 0.2) is 0 Å². The molecule has 4 heterocycles. The van der Waals surface area contributed by atoms with Crippen molar-refractivity contribution in [2.45, 2.75) is 31.3 Å². The van der Waals surface area contributed by atoms with Crippen molar-refractivity contribution < 1.29 is 4.74 Å². The monoisotopic (exact) mass is 432 g/mol. The molecule has 2 atom stereocenters. The zero-order valence-corrected chi connectivity index (χ0v) is 18.0. The number of ether oxygens (including phenoxy) is 1. The first-order valence-electron chi connectivity index (χ1n) is 11.0. The van der Waals surface area contributed by atoms with Gasteiger partial charge in [0.05, 0.1) is 24.0 Å². The van der Waals surface area contributed by atoms with Gasteiger partial charge in [0.25, 0.3) is 0 Å². The summed E-state index contributed by atoms with van der Waals surface area (Å²) in [5.74, 6) is 1.53. The summed E-state index contributed by atoms with van der Waals surface area (Å²) in [7, 11) is 0. The topological polar surface area (TPSA) is 65.7 Å². The molecule has 2 aliphatic heterocycles. The minimum Gasteiger partial charge on any atom is -0.381 e. The zero-order chi connectivity index (χ0) is 20.8. The number of rotatable bonds is 3. The molecule has 4 aromatic rings. The molecule has 2 aromatic carbocycles. The molecule has 0 amide bonds. The van der Waals surface area contributed by atoms with E-state index >= 15 is 0 Å². The van der Waals surface area contributed by atoms with Crippen molar-refractivity contribution >= 4 is 22.5 Å². The third-order valence-electron chi connectivity index (χ3n) is 6.76. The number of halogens is 1. The van der Waals surface area contributed by atoms with Gasteiger partial charge in [-0.1, -0.05) is 41.9 Å². The number of hydrogen-bond acceptors (Lipinski definition) is 3. The fourth-order valence-electron chi connectivity index (χ4n) is 5.16. The molecule has 3 N–H and O–H groups in total. The Kier molecular flexibility index (Phi) is 4.82. The molecule has 2 aromatic heterocycles. The highest BCUT2D eigenvalue weighted by molar-refractivity contribution is 6.30. The van der Waals surface area contributed by atoms with Crippen LogP contribution in [0, 0.1) is 5.92 Å². The lowest BCUT2D eigenvalue weighted by Gasteiger charge is -2.37. The van der Waals surface area contributed by atoms with Crippen molar-refractivity contribution in [2.24, 2.45) is 5.92 Å². The third kappa shape index (κ3) is 3.47. The van der Waals surface area contributed by atoms with E-state index in [1.807, 2.05) is 30.5 Å². The van der Waals surface area contributed by atoms with Crippen molar-refractivity contribution in [3.8, 4) is 11.3 Å². The maximum absolute atomic E-state index is 6.05. The second kappa shape index (κ2) is 7.83. The van der Waals surface area contributed by atoms with Gasteiger partial charge in [-0.05, 0) is 54.5 Å². The molecule has 0 radical (unpaired) electrons. The van der Waals surface area contributed by atoms with Crippen LogP contribution < -0.4 is 5.32 Å². The van der Waals surface area contributed by atoms with Gasteiger partial charge in [-0.15, -0.1) is 0 Å². The maximum atomic E-state index is 6.05. The molecule has 0 saturated carbocycles. The maximum Gasteiger partial charge on any atom is 0.124 e. The number of hydrogen-bond donors (Lipinski definition) is 3. The lowest BCUT2D eigenvalue weighted by atomic mass is 9.83. The number of aromatic nitrogens is 3. The van der Waals surface area contributed by atoms with E-state index in [-0.39, 0.29) is 12.1 Å². The van der Waals surface area contributed by atoms with Crippen LogP contribution >= 0.6 is 11.6 Å². The van der Waals surface area contributed by atoms with Crippen LogP contribution in [0.1, 0.15) is 42.0 Å². The predicted octanol–water partition coefficient (Wildman–Crippen LogP) is 5.57. The number of fused-ring (bicyclic) bond motifs is 3. The van der Waals surface area contributed by atoms with E-state index in [9.17, 15) is 0 Å². The molecule has 0 unspecified atom stereocenters. The molecule has 6 rings (SSSR count). The fraction of sp³-hybridized carbons (Fsp3) is 0.320. The lowest BCUT2D eigenvalue weighted by molar-refractivity contribution is 0.0497. The standard InChI is InChI=1S/C25H25ClN4O/c26-17-7-5-15(6-8-17)22-14-27-25(30-22)21-13-19-18-3-1-2-4-20(18)28-24(19)23(29-21)16-9-11-31-12-10-16/h1-8,14,16,21,23,28-29H,9-13H2,(H,27,30)/t21-,23-/m1/s1. The first-order valence-corrected chi connectivity index (χ1v) is 11.4. The molecule has 1 fully saturated rings. The van der Waals surface area contributed by atoms with Gasteiger partial charge in [0.2, 0.25) is 0 Å². The Labute approximate surface area is 186 Å². The summed E-state index contributed by atoms with van der Waals surface area (Å²) < 4.78 is 5.64. The molecule has 158 valence electrons. The lowest BCUT2D eigenvalue weighted by Crippen LogP contribution is -2.39. The zero-order valence-electron chi connectivity index (χ0n) is 17.2. The Morgan fingerprint density at radius 3 is 2.61 bits per heavy atom. The normalized spacial score (nSPS) is 22.0. The average molecular weight is 433 g/mol. The van der Waals surface area contributed by atoms with Crippen LogP contribution in [0.3, 0.4) is 0 Å². The van der Waals surface area contributed by atoms with E-state index in [1.54, 1.807) is 0 Å². The molecule has 0 spiro atoms. The van der Waals surface area contributed by atoms with Crippen molar-refractivity contribution in [1.29, 1.82) is 0 Å². The first kappa shape index (κ1) is 19.1. The summed E-state index contributed by atoms with van der Waals surface area (Å²) in [5.41, 5.74) is 6.08. The molecule has 0 bridgehead atoms. The molecule has 2 aliphatic rings. The Morgan fingerprint density at radius 1 is 0.968 bits per heavy atom. The number of H-pyrrole nitrogens is 2. The van der Waals surface area contributed by atoms with Gasteiger partial charge < -0.3 is 14.7 Å². The summed E-state index contributed by atoms with van der Waals surface area (Å²) in [4.78, 5) is 12.1. The fourth-order valence-corrected chi connectivity index (χ4v) is 5.28. The van der Waals surface area contributed by atoms with Gasteiger partial charge in [0.1, 0.15) is 5.82 Å². The second-order valence-electron chi connectivity index (χ2n) is 8.60. The largest absolute Gasteiger partial charge is 0.381 e. The van der Waals surface area contributed by atoms with E-state index < -0.39 is 0 Å². The number of imidazole rings is 1. The smallest absolute Gasteiger partial charge is 0.124 e. The quantitative estimate of drug-likeness (QED) is 0.396. The highest BCUT2D eigenvalue weighted by Crippen LogP contribution is 2.41. The number of nitrogens with zero attached hydrogens (tertiary/aromatic N) is 1. The number of para-hydroxylation sites is 1. The summed E-state index contributed by atoms with van der Waals surface area (Å²) in [6, 6.07) is 16.9. The average Bonchev–Trinajstić information content (AvgIpc) is 3.45. The Bertz CT molecular complexity index is 1210. The molecule has 1 saturated heterocycles. The third-order valence-corrected chi connectivity index (χ3v) is 7.02. The number of benzene rings is 2. The molecule has 0 aliphatic carbocycles. The minimum absolute atomic E-state index is 0.139. The first-order chi connectivity index (χ1) is 15.3. The van der Waals surface area contributed by atoms with Crippen molar-refractivity contribution in [2.75, 3.05) is 13.2 Å². The Morgan fingerprint density at radius 2 is 1.77 bits per heavy atom. The predicted molar refractivity (Wildman–Crippen MR) is 123 cm³/mol. The molecule has 5 nitrogen and oxygen atoms in total. The van der Waals surface area contributed by atoms with Gasteiger partial charge in [-0.25, -0.2) is 4.98 Å². The Hall–Kier alpha value is -2.60. The van der Waals surface area contributed by atoms with E-state index in [4.69, 9.17) is 21.3 Å². The molecule has 6 heteroatoms. The molecule has 31 heavy (non-hydrogen) atoms. The highest BCUT2D eigenvalue weighted by Gasteiger charge is 2.36. The van der Waals surface area contributed by atoms with Crippen molar-refractivity contribution in [3.05, 3.63) is 76.8 Å². The summed E-state index contributed by atoms with van der Waals surface area (Å²) >= 11 is 6.05. The minimum atomic E-state index is 0.139. The van der Waals surface area contributed by atoms with E-state index in [0.717, 1.165) is 54.6 Å². The van der Waals surface area contributed by atoms with Crippen LogP contribution in [0.4, 0.5) is 0 Å². The van der Waals surface area contributed by atoms with E-state index in [1.165, 1.54) is 22.2 Å². The van der Waals surface area contributed by atoms with Crippen LogP contribution in [0.2, 0.25) is 5.02 Å². The Balaban J connectivity index is 1.38. The number of aromatic amines is 2. The summed E-state index contributed by atoms with van der Waals surface area (Å²) in [6.07, 6.45) is 4.99. The molecular formula is C25H25ClN4O. The van der Waals surface area contributed by atoms with Crippen LogP contribution in [0.15, 0.2) is 54.7 Å². The van der Waals surface area contributed by atoms with Gasteiger partial charge in [-0.2, -0.15) is 0 Å². The van der Waals surface area contributed by atoms with Crippen LogP contribution in [0.25, 0.3) is 22.2 Å². The van der Waals surface area contributed by atoms with Crippen molar-refractivity contribution in [3.63, 3.8) is 0 Å². The van der Waals surface area contributed by atoms with E-state index in [0.29, 0.717) is 5.92 Å². The van der Waals surface area contributed by atoms with Crippen LogP contribution in [-0.2, 0) is 11.2 Å². The van der Waals surface area contributed by atoms with Crippen LogP contribution in [0.5, 0.6) is 0 Å².